The van der Waals surface area contributed by atoms with Gasteiger partial charge in [0.25, 0.3) is 11.8 Å². The summed E-state index contributed by atoms with van der Waals surface area (Å²) in [5, 5.41) is 2.57. The molecule has 0 unspecified atom stereocenters. The Kier molecular flexibility index (Phi) is 6.06. The van der Waals surface area contributed by atoms with Crippen LogP contribution >= 0.6 is 0 Å². The fraction of sp³-hybridized carbons (Fsp3) is 0.227. The van der Waals surface area contributed by atoms with Gasteiger partial charge in [0.05, 0.1) is 6.42 Å². The molecule has 1 heterocycles. The zero-order valence-corrected chi connectivity index (χ0v) is 16.5. The van der Waals surface area contributed by atoms with E-state index >= 15 is 0 Å². The van der Waals surface area contributed by atoms with E-state index in [-0.39, 0.29) is 12.2 Å². The molecular weight excluding hydrogens is 388 g/mol. The Morgan fingerprint density at radius 2 is 1.73 bits per heavy atom. The summed E-state index contributed by atoms with van der Waals surface area (Å²) in [6, 6.07) is 13.0. The van der Waals surface area contributed by atoms with Crippen molar-refractivity contribution in [1.29, 1.82) is 0 Å². The molecular formula is C22H20N2O6. The first-order chi connectivity index (χ1) is 14.3. The molecule has 2 aromatic rings. The van der Waals surface area contributed by atoms with Gasteiger partial charge in [0, 0.05) is 16.8 Å². The highest BCUT2D eigenvalue weighted by Gasteiger charge is 2.33. The third kappa shape index (κ3) is 4.60. The van der Waals surface area contributed by atoms with Crippen molar-refractivity contribution in [2.24, 2.45) is 0 Å². The third-order valence-electron chi connectivity index (χ3n) is 4.66. The number of benzene rings is 2. The number of fused-ring (bicyclic) bond motifs is 1. The van der Waals surface area contributed by atoms with Crippen molar-refractivity contribution in [1.82, 2.24) is 4.90 Å². The van der Waals surface area contributed by atoms with Crippen molar-refractivity contribution >= 4 is 35.2 Å². The summed E-state index contributed by atoms with van der Waals surface area (Å²) in [7, 11) is 0. The standard InChI is InChI=1S/C22H20N2O6/c1-13(25)15-7-9-17(10-8-15)23-21(28)14(2)30-20(27)12-24-19(26)11-16-5-3-4-6-18(16)22(24)29/h3-10,14H,11-12H2,1-2H3,(H,23,28)/t14-/m0/s1. The molecule has 3 amide bonds. The molecule has 1 aliphatic heterocycles. The van der Waals surface area contributed by atoms with Crippen molar-refractivity contribution in [3.8, 4) is 0 Å². The highest BCUT2D eigenvalue weighted by Crippen LogP contribution is 2.19. The molecule has 0 bridgehead atoms. The minimum atomic E-state index is -1.15. The monoisotopic (exact) mass is 408 g/mol. The van der Waals surface area contributed by atoms with Gasteiger partial charge < -0.3 is 10.1 Å². The summed E-state index contributed by atoms with van der Waals surface area (Å²) in [6.45, 7) is 2.24. The van der Waals surface area contributed by atoms with E-state index in [0.29, 0.717) is 22.4 Å². The fourth-order valence-corrected chi connectivity index (χ4v) is 3.01. The molecule has 8 nitrogen and oxygen atoms in total. The van der Waals surface area contributed by atoms with E-state index in [2.05, 4.69) is 5.32 Å². The number of esters is 1. The van der Waals surface area contributed by atoms with Gasteiger partial charge in [-0.1, -0.05) is 18.2 Å². The number of anilines is 1. The summed E-state index contributed by atoms with van der Waals surface area (Å²) in [6.07, 6.45) is -1.13. The molecule has 0 saturated heterocycles. The Balaban J connectivity index is 1.57. The second-order valence-electron chi connectivity index (χ2n) is 6.87. The lowest BCUT2D eigenvalue weighted by molar-refractivity contribution is -0.155. The van der Waals surface area contributed by atoms with Crippen LogP contribution in [0.2, 0.25) is 0 Å². The topological polar surface area (TPSA) is 110 Å². The lowest BCUT2D eigenvalue weighted by Gasteiger charge is -2.26. The van der Waals surface area contributed by atoms with Crippen LogP contribution in [0.25, 0.3) is 0 Å². The highest BCUT2D eigenvalue weighted by molar-refractivity contribution is 6.11. The maximum Gasteiger partial charge on any atom is 0.326 e. The fourth-order valence-electron chi connectivity index (χ4n) is 3.01. The second-order valence-corrected chi connectivity index (χ2v) is 6.87. The minimum absolute atomic E-state index is 0.0154. The van der Waals surface area contributed by atoms with Crippen LogP contribution in [0.5, 0.6) is 0 Å². The predicted octanol–water partition coefficient (Wildman–Crippen LogP) is 1.98. The molecule has 0 spiro atoms. The van der Waals surface area contributed by atoms with E-state index in [0.717, 1.165) is 4.90 Å². The van der Waals surface area contributed by atoms with Crippen LogP contribution in [0.4, 0.5) is 5.69 Å². The van der Waals surface area contributed by atoms with Crippen molar-refractivity contribution in [2.45, 2.75) is 26.4 Å². The Morgan fingerprint density at radius 3 is 2.40 bits per heavy atom. The number of rotatable bonds is 6. The van der Waals surface area contributed by atoms with Gasteiger partial charge in [0.2, 0.25) is 5.91 Å². The average molecular weight is 408 g/mol. The molecule has 154 valence electrons. The Morgan fingerprint density at radius 1 is 1.07 bits per heavy atom. The van der Waals surface area contributed by atoms with Crippen LogP contribution in [0.1, 0.15) is 40.1 Å². The maximum absolute atomic E-state index is 12.5. The summed E-state index contributed by atoms with van der Waals surface area (Å²) < 4.78 is 5.08. The van der Waals surface area contributed by atoms with Gasteiger partial charge in [-0.15, -0.1) is 0 Å². The van der Waals surface area contributed by atoms with E-state index in [1.807, 2.05) is 0 Å². The molecule has 0 aromatic heterocycles. The van der Waals surface area contributed by atoms with Gasteiger partial charge in [-0.2, -0.15) is 0 Å². The number of ketones is 1. The van der Waals surface area contributed by atoms with Crippen LogP contribution in [-0.2, 0) is 25.5 Å². The molecule has 0 saturated carbocycles. The third-order valence-corrected chi connectivity index (χ3v) is 4.66. The van der Waals surface area contributed by atoms with Crippen LogP contribution < -0.4 is 5.32 Å². The minimum Gasteiger partial charge on any atom is -0.451 e. The van der Waals surface area contributed by atoms with E-state index in [4.69, 9.17) is 4.74 Å². The van der Waals surface area contributed by atoms with E-state index < -0.39 is 36.3 Å². The number of hydrogen-bond donors (Lipinski definition) is 1. The molecule has 30 heavy (non-hydrogen) atoms. The zero-order valence-electron chi connectivity index (χ0n) is 16.5. The van der Waals surface area contributed by atoms with Crippen molar-refractivity contribution in [3.05, 3.63) is 65.2 Å². The van der Waals surface area contributed by atoms with Crippen LogP contribution in [-0.4, -0.2) is 47.0 Å². The van der Waals surface area contributed by atoms with E-state index in [1.54, 1.807) is 48.5 Å². The molecule has 0 radical (unpaired) electrons. The largest absolute Gasteiger partial charge is 0.451 e. The first-order valence-corrected chi connectivity index (χ1v) is 9.30. The maximum atomic E-state index is 12.5. The number of amides is 3. The van der Waals surface area contributed by atoms with Crippen LogP contribution in [0, 0.1) is 0 Å². The Labute approximate surface area is 172 Å². The molecule has 1 N–H and O–H groups in total. The lowest BCUT2D eigenvalue weighted by Crippen LogP contribution is -2.46. The lowest BCUT2D eigenvalue weighted by atomic mass is 9.98. The molecule has 0 fully saturated rings. The highest BCUT2D eigenvalue weighted by atomic mass is 16.5. The van der Waals surface area contributed by atoms with E-state index in [1.165, 1.54) is 13.8 Å². The van der Waals surface area contributed by atoms with Crippen molar-refractivity contribution in [2.75, 3.05) is 11.9 Å². The zero-order chi connectivity index (χ0) is 21.8. The van der Waals surface area contributed by atoms with Gasteiger partial charge in [-0.25, -0.2) is 0 Å². The van der Waals surface area contributed by atoms with Gasteiger partial charge in [0.15, 0.2) is 11.9 Å². The SMILES string of the molecule is CC(=O)c1ccc(NC(=O)[C@H](C)OC(=O)CN2C(=O)Cc3ccccc3C2=O)cc1. The smallest absolute Gasteiger partial charge is 0.326 e. The van der Waals surface area contributed by atoms with E-state index in [9.17, 15) is 24.0 Å². The molecule has 2 aromatic carbocycles. The molecule has 1 atom stereocenters. The number of nitrogens with one attached hydrogen (secondary N) is 1. The number of Topliss-reactive ketones (excluding diaryl/α,β-unsaturated/α-hetero) is 1. The number of ether oxygens (including phenoxy) is 1. The predicted molar refractivity (Wildman–Crippen MR) is 107 cm³/mol. The first-order valence-electron chi connectivity index (χ1n) is 9.30. The summed E-state index contributed by atoms with van der Waals surface area (Å²) in [4.78, 5) is 61.3. The van der Waals surface area contributed by atoms with Crippen LogP contribution in [0.15, 0.2) is 48.5 Å². The van der Waals surface area contributed by atoms with Crippen molar-refractivity contribution in [3.63, 3.8) is 0 Å². The average Bonchev–Trinajstić information content (AvgIpc) is 2.71. The number of imide groups is 1. The summed E-state index contributed by atoms with van der Waals surface area (Å²) >= 11 is 0. The molecule has 8 heteroatoms. The quantitative estimate of drug-likeness (QED) is 0.445. The summed E-state index contributed by atoms with van der Waals surface area (Å²) in [5.74, 6) is -2.62. The number of carbonyl (C=O) groups is 5. The number of hydrogen-bond acceptors (Lipinski definition) is 6. The Bertz CT molecular complexity index is 1030. The van der Waals surface area contributed by atoms with Crippen LogP contribution in [0.3, 0.4) is 0 Å². The van der Waals surface area contributed by atoms with Gasteiger partial charge in [-0.05, 0) is 49.7 Å². The number of nitrogens with zero attached hydrogens (tertiary/aromatic N) is 1. The second kappa shape index (κ2) is 8.69. The van der Waals surface area contributed by atoms with Crippen molar-refractivity contribution < 1.29 is 28.7 Å². The molecule has 0 aliphatic carbocycles. The van der Waals surface area contributed by atoms with Gasteiger partial charge >= 0.3 is 5.97 Å². The molecule has 1 aliphatic rings. The van der Waals surface area contributed by atoms with Gasteiger partial charge in [0.1, 0.15) is 6.54 Å². The number of carbonyl (C=O) groups excluding carboxylic acids is 5. The normalized spacial score (nSPS) is 14.0. The summed E-state index contributed by atoms with van der Waals surface area (Å²) in [5.41, 5.74) is 1.92. The Hall–Kier alpha value is -3.81. The first kappa shape index (κ1) is 20.9. The molecule has 3 rings (SSSR count). The van der Waals surface area contributed by atoms with Gasteiger partial charge in [-0.3, -0.25) is 28.9 Å².